The molecule has 3 aromatic rings. The van der Waals surface area contributed by atoms with Crippen LogP contribution in [0.4, 0.5) is 0 Å². The largest absolute Gasteiger partial charge is 0.305 e. The van der Waals surface area contributed by atoms with Gasteiger partial charge in [0.15, 0.2) is 0 Å². The molecule has 19 heavy (non-hydrogen) atoms. The third kappa shape index (κ3) is 1.98. The smallest absolute Gasteiger partial charge is 0.267 e. The number of hydrogen-bond acceptors (Lipinski definition) is 3. The number of benzene rings is 1. The Bertz CT molecular complexity index is 845. The molecule has 0 fully saturated rings. The van der Waals surface area contributed by atoms with Crippen molar-refractivity contribution in [2.24, 2.45) is 0 Å². The highest BCUT2D eigenvalue weighted by atomic mass is 16.1. The van der Waals surface area contributed by atoms with E-state index in [0.29, 0.717) is 5.65 Å². The second-order valence-electron chi connectivity index (χ2n) is 4.12. The highest BCUT2D eigenvalue weighted by Gasteiger charge is 2.05. The minimum atomic E-state index is -0.410. The van der Waals surface area contributed by atoms with Gasteiger partial charge in [-0.2, -0.15) is 5.26 Å². The zero-order valence-corrected chi connectivity index (χ0v) is 9.92. The first kappa shape index (κ1) is 11.2. The molecule has 0 atom stereocenters. The van der Waals surface area contributed by atoms with Crippen molar-refractivity contribution in [2.75, 3.05) is 0 Å². The summed E-state index contributed by atoms with van der Waals surface area (Å²) in [6.07, 6.45) is 0. The van der Waals surface area contributed by atoms with Crippen LogP contribution in [-0.2, 0) is 0 Å². The van der Waals surface area contributed by atoms with E-state index in [1.165, 1.54) is 0 Å². The molecule has 3 rings (SSSR count). The van der Waals surface area contributed by atoms with Crippen molar-refractivity contribution in [2.45, 2.75) is 0 Å². The summed E-state index contributed by atoms with van der Waals surface area (Å²) in [5, 5.41) is 9.57. The number of aromatic nitrogens is 2. The summed E-state index contributed by atoms with van der Waals surface area (Å²) in [4.78, 5) is 18.6. The summed E-state index contributed by atoms with van der Waals surface area (Å²) in [7, 11) is 0. The van der Waals surface area contributed by atoms with Crippen molar-refractivity contribution in [3.8, 4) is 17.3 Å². The molecular weight excluding hydrogens is 238 g/mol. The molecule has 0 aliphatic heterocycles. The Morgan fingerprint density at radius 3 is 2.63 bits per heavy atom. The Morgan fingerprint density at radius 2 is 1.89 bits per heavy atom. The topological polar surface area (TPSA) is 69.5 Å². The molecule has 0 aliphatic rings. The molecule has 4 heteroatoms. The van der Waals surface area contributed by atoms with Crippen molar-refractivity contribution in [1.82, 2.24) is 9.97 Å². The number of hydrogen-bond donors (Lipinski definition) is 1. The number of rotatable bonds is 1. The van der Waals surface area contributed by atoms with Crippen LogP contribution < -0.4 is 5.56 Å². The van der Waals surface area contributed by atoms with Crippen LogP contribution in [0.2, 0.25) is 0 Å². The first-order valence-corrected chi connectivity index (χ1v) is 5.77. The van der Waals surface area contributed by atoms with Gasteiger partial charge in [0, 0.05) is 10.9 Å². The molecule has 1 N–H and O–H groups in total. The van der Waals surface area contributed by atoms with Crippen LogP contribution in [0.3, 0.4) is 0 Å². The van der Waals surface area contributed by atoms with Gasteiger partial charge in [0.2, 0.25) is 0 Å². The fraction of sp³-hybridized carbons (Fsp3) is 0. The molecule has 90 valence electrons. The fourth-order valence-electron chi connectivity index (χ4n) is 1.94. The van der Waals surface area contributed by atoms with Crippen molar-refractivity contribution < 1.29 is 0 Å². The predicted molar refractivity (Wildman–Crippen MR) is 72.5 cm³/mol. The molecule has 0 radical (unpaired) electrons. The fourth-order valence-corrected chi connectivity index (χ4v) is 1.94. The van der Waals surface area contributed by atoms with E-state index in [2.05, 4.69) is 9.97 Å². The number of nitrogens with one attached hydrogen (secondary N) is 1. The Balaban J connectivity index is 2.23. The normalized spacial score (nSPS) is 10.3. The number of fused-ring (bicyclic) bond motifs is 1. The van der Waals surface area contributed by atoms with Crippen LogP contribution in [0.25, 0.3) is 22.3 Å². The molecule has 2 heterocycles. The standard InChI is InChI=1S/C15H9N3O/c16-9-12-8-11-6-7-13(10-4-2-1-3-5-10)17-14(11)18-15(12)19/h1-8H,(H,17,18,19). The van der Waals surface area contributed by atoms with Crippen molar-refractivity contribution in [3.05, 3.63) is 64.4 Å². The molecule has 4 nitrogen and oxygen atoms in total. The summed E-state index contributed by atoms with van der Waals surface area (Å²) in [6, 6.07) is 16.8. The average molecular weight is 247 g/mol. The lowest BCUT2D eigenvalue weighted by atomic mass is 10.1. The lowest BCUT2D eigenvalue weighted by Gasteiger charge is -2.03. The van der Waals surface area contributed by atoms with Gasteiger partial charge in [0.1, 0.15) is 17.3 Å². The van der Waals surface area contributed by atoms with Crippen molar-refractivity contribution >= 4 is 11.0 Å². The van der Waals surface area contributed by atoms with E-state index in [1.807, 2.05) is 48.5 Å². The molecule has 0 saturated heterocycles. The summed E-state index contributed by atoms with van der Waals surface area (Å²) in [5.41, 5.74) is 1.95. The molecule has 0 amide bonds. The van der Waals surface area contributed by atoms with E-state index in [-0.39, 0.29) is 5.56 Å². The van der Waals surface area contributed by atoms with Crippen molar-refractivity contribution in [3.63, 3.8) is 0 Å². The SMILES string of the molecule is N#Cc1cc2ccc(-c3ccccc3)nc2[nH]c1=O. The molecule has 0 spiro atoms. The quantitative estimate of drug-likeness (QED) is 0.718. The molecule has 0 saturated carbocycles. The van der Waals surface area contributed by atoms with Gasteiger partial charge < -0.3 is 4.98 Å². The highest BCUT2D eigenvalue weighted by molar-refractivity contribution is 5.79. The van der Waals surface area contributed by atoms with E-state index in [9.17, 15) is 4.79 Å². The predicted octanol–water partition coefficient (Wildman–Crippen LogP) is 2.46. The zero-order valence-electron chi connectivity index (χ0n) is 9.92. The molecule has 1 aromatic carbocycles. The van der Waals surface area contributed by atoms with Crippen LogP contribution >= 0.6 is 0 Å². The van der Waals surface area contributed by atoms with Crippen LogP contribution in [0, 0.1) is 11.3 Å². The van der Waals surface area contributed by atoms with E-state index in [0.717, 1.165) is 16.6 Å². The average Bonchev–Trinajstić information content (AvgIpc) is 2.47. The van der Waals surface area contributed by atoms with Crippen LogP contribution in [-0.4, -0.2) is 9.97 Å². The van der Waals surface area contributed by atoms with Gasteiger partial charge >= 0.3 is 0 Å². The minimum Gasteiger partial charge on any atom is -0.305 e. The second kappa shape index (κ2) is 4.39. The maximum atomic E-state index is 11.6. The third-order valence-corrected chi connectivity index (χ3v) is 2.89. The zero-order chi connectivity index (χ0) is 13.2. The van der Waals surface area contributed by atoms with Gasteiger partial charge in [-0.25, -0.2) is 4.98 Å². The molecule has 0 bridgehead atoms. The molecule has 0 unspecified atom stereocenters. The van der Waals surface area contributed by atoms with E-state index in [1.54, 1.807) is 6.07 Å². The minimum absolute atomic E-state index is 0.0989. The van der Waals surface area contributed by atoms with Crippen LogP contribution in [0.1, 0.15) is 5.56 Å². The highest BCUT2D eigenvalue weighted by Crippen LogP contribution is 2.19. The number of aromatic amines is 1. The summed E-state index contributed by atoms with van der Waals surface area (Å²) >= 11 is 0. The van der Waals surface area contributed by atoms with E-state index >= 15 is 0 Å². The summed E-state index contributed by atoms with van der Waals surface area (Å²) < 4.78 is 0. The van der Waals surface area contributed by atoms with Crippen molar-refractivity contribution in [1.29, 1.82) is 5.26 Å². The van der Waals surface area contributed by atoms with Gasteiger partial charge in [-0.05, 0) is 18.2 Å². The van der Waals surface area contributed by atoms with E-state index in [4.69, 9.17) is 5.26 Å². The summed E-state index contributed by atoms with van der Waals surface area (Å²) in [6.45, 7) is 0. The summed E-state index contributed by atoms with van der Waals surface area (Å²) in [5.74, 6) is 0. The van der Waals surface area contributed by atoms with Gasteiger partial charge in [0.25, 0.3) is 5.56 Å². The Morgan fingerprint density at radius 1 is 1.11 bits per heavy atom. The Labute approximate surface area is 109 Å². The van der Waals surface area contributed by atoms with Crippen LogP contribution in [0.5, 0.6) is 0 Å². The Hall–Kier alpha value is -2.93. The van der Waals surface area contributed by atoms with Gasteiger partial charge in [0.05, 0.1) is 5.69 Å². The van der Waals surface area contributed by atoms with Crippen LogP contribution in [0.15, 0.2) is 53.3 Å². The second-order valence-corrected chi connectivity index (χ2v) is 4.12. The maximum Gasteiger partial charge on any atom is 0.267 e. The lowest BCUT2D eigenvalue weighted by Crippen LogP contribution is -2.10. The number of nitrogens with zero attached hydrogens (tertiary/aromatic N) is 2. The van der Waals surface area contributed by atoms with Gasteiger partial charge in [-0.15, -0.1) is 0 Å². The third-order valence-electron chi connectivity index (χ3n) is 2.89. The Kier molecular flexibility index (Phi) is 2.58. The number of nitriles is 1. The molecule has 0 aliphatic carbocycles. The molecule has 2 aromatic heterocycles. The maximum absolute atomic E-state index is 11.6. The number of H-pyrrole nitrogens is 1. The first-order valence-electron chi connectivity index (χ1n) is 5.77. The van der Waals surface area contributed by atoms with Gasteiger partial charge in [-0.3, -0.25) is 4.79 Å². The molecular formula is C15H9N3O. The lowest BCUT2D eigenvalue weighted by molar-refractivity contribution is 1.21. The monoisotopic (exact) mass is 247 g/mol. The van der Waals surface area contributed by atoms with Gasteiger partial charge in [-0.1, -0.05) is 30.3 Å². The first-order chi connectivity index (χ1) is 9.28. The van der Waals surface area contributed by atoms with E-state index < -0.39 is 5.56 Å². The number of pyridine rings is 2.